The molecule has 0 saturated carbocycles. The minimum atomic E-state index is -4.70. The molecule has 2 aliphatic rings. The summed E-state index contributed by atoms with van der Waals surface area (Å²) in [4.78, 5) is 18.5. The number of piperidine rings is 1. The lowest BCUT2D eigenvalue weighted by molar-refractivity contribution is -0.159. The molecule has 2 aliphatic heterocycles. The van der Waals surface area contributed by atoms with Crippen LogP contribution < -0.4 is 5.32 Å². The van der Waals surface area contributed by atoms with Gasteiger partial charge in [-0.1, -0.05) is 41.6 Å². The lowest BCUT2D eigenvalue weighted by Crippen LogP contribution is -2.50. The van der Waals surface area contributed by atoms with Crippen molar-refractivity contribution in [2.75, 3.05) is 13.1 Å². The zero-order chi connectivity index (χ0) is 21.6. The monoisotopic (exact) mass is 428 g/mol. The zero-order valence-corrected chi connectivity index (χ0v) is 16.4. The van der Waals surface area contributed by atoms with Gasteiger partial charge in [0.2, 0.25) is 5.82 Å². The Labute approximate surface area is 176 Å². The van der Waals surface area contributed by atoms with Crippen LogP contribution in [0.3, 0.4) is 0 Å². The van der Waals surface area contributed by atoms with Gasteiger partial charge in [-0.3, -0.25) is 4.79 Å². The standard InChI is InChI=1S/C22H19F3N4O2/c23-22(24,25)21-27-19(28-31-21)14-6-7-17-15(10-14)12-29(20(17)30)18-11-26-9-8-16(18)13-4-2-1-3-5-13/h1-7,10,16,18,26H,8-9,11-12H2. The van der Waals surface area contributed by atoms with E-state index < -0.39 is 12.1 Å². The Morgan fingerprint density at radius 3 is 2.68 bits per heavy atom. The molecule has 0 bridgehead atoms. The summed E-state index contributed by atoms with van der Waals surface area (Å²) in [7, 11) is 0. The van der Waals surface area contributed by atoms with Crippen LogP contribution in [0.1, 0.15) is 39.7 Å². The number of benzene rings is 2. The van der Waals surface area contributed by atoms with Crippen LogP contribution in [-0.2, 0) is 12.7 Å². The summed E-state index contributed by atoms with van der Waals surface area (Å²) in [6.45, 7) is 1.96. The van der Waals surface area contributed by atoms with Crippen molar-refractivity contribution >= 4 is 5.91 Å². The maximum atomic E-state index is 13.2. The van der Waals surface area contributed by atoms with Gasteiger partial charge in [0.1, 0.15) is 0 Å². The number of halogens is 3. The average molecular weight is 428 g/mol. The second-order valence-electron chi connectivity index (χ2n) is 7.80. The first kappa shape index (κ1) is 19.7. The number of amides is 1. The number of aromatic nitrogens is 2. The summed E-state index contributed by atoms with van der Waals surface area (Å²) in [6.07, 6.45) is -3.78. The van der Waals surface area contributed by atoms with Crippen molar-refractivity contribution in [3.63, 3.8) is 0 Å². The number of carbonyl (C=O) groups excluding carboxylic acids is 1. The molecule has 1 N–H and O–H groups in total. The molecule has 160 valence electrons. The van der Waals surface area contributed by atoms with Crippen molar-refractivity contribution in [2.24, 2.45) is 0 Å². The average Bonchev–Trinajstić information content (AvgIpc) is 3.40. The Balaban J connectivity index is 1.42. The molecule has 2 atom stereocenters. The Hall–Kier alpha value is -3.20. The number of nitrogens with zero attached hydrogens (tertiary/aromatic N) is 3. The van der Waals surface area contributed by atoms with E-state index in [4.69, 9.17) is 0 Å². The van der Waals surface area contributed by atoms with E-state index in [0.29, 0.717) is 24.2 Å². The van der Waals surface area contributed by atoms with Gasteiger partial charge in [-0.25, -0.2) is 0 Å². The molecule has 2 unspecified atom stereocenters. The SMILES string of the molecule is O=C1c2ccc(-c3noc(C(F)(F)F)n3)cc2CN1C1CNCCC1c1ccccc1. The van der Waals surface area contributed by atoms with Gasteiger partial charge in [0, 0.05) is 30.1 Å². The molecule has 9 heteroatoms. The summed E-state index contributed by atoms with van der Waals surface area (Å²) in [6, 6.07) is 15.0. The number of fused-ring (bicyclic) bond motifs is 1. The number of hydrogen-bond donors (Lipinski definition) is 1. The van der Waals surface area contributed by atoms with Crippen LogP contribution in [0.5, 0.6) is 0 Å². The molecule has 1 fully saturated rings. The smallest absolute Gasteiger partial charge is 0.329 e. The van der Waals surface area contributed by atoms with Crippen molar-refractivity contribution in [1.82, 2.24) is 20.4 Å². The van der Waals surface area contributed by atoms with E-state index in [1.165, 1.54) is 5.56 Å². The summed E-state index contributed by atoms with van der Waals surface area (Å²) in [5, 5.41) is 6.82. The van der Waals surface area contributed by atoms with E-state index in [-0.39, 0.29) is 23.7 Å². The number of rotatable bonds is 3. The van der Waals surface area contributed by atoms with Gasteiger partial charge in [-0.15, -0.1) is 0 Å². The molecular formula is C22H19F3N4O2. The minimum Gasteiger partial charge on any atom is -0.329 e. The second kappa shape index (κ2) is 7.49. The molecule has 1 amide bonds. The van der Waals surface area contributed by atoms with Crippen LogP contribution >= 0.6 is 0 Å². The number of nitrogens with one attached hydrogen (secondary N) is 1. The maximum Gasteiger partial charge on any atom is 0.471 e. The quantitative estimate of drug-likeness (QED) is 0.686. The predicted octanol–water partition coefficient (Wildman–Crippen LogP) is 3.86. The first-order valence-corrected chi connectivity index (χ1v) is 10.0. The second-order valence-corrected chi connectivity index (χ2v) is 7.80. The molecule has 0 spiro atoms. The van der Waals surface area contributed by atoms with Gasteiger partial charge in [0.25, 0.3) is 5.91 Å². The molecule has 1 aromatic heterocycles. The molecule has 1 saturated heterocycles. The van der Waals surface area contributed by atoms with Crippen LogP contribution in [0.2, 0.25) is 0 Å². The highest BCUT2D eigenvalue weighted by Crippen LogP contribution is 2.36. The summed E-state index contributed by atoms with van der Waals surface area (Å²) in [5.41, 5.74) is 2.89. The Morgan fingerprint density at radius 2 is 1.94 bits per heavy atom. The van der Waals surface area contributed by atoms with Gasteiger partial charge < -0.3 is 14.7 Å². The van der Waals surface area contributed by atoms with Crippen LogP contribution in [0.15, 0.2) is 53.1 Å². The van der Waals surface area contributed by atoms with Crippen LogP contribution in [0.25, 0.3) is 11.4 Å². The summed E-state index contributed by atoms with van der Waals surface area (Å²) < 4.78 is 42.6. The third kappa shape index (κ3) is 3.59. The highest BCUT2D eigenvalue weighted by molar-refractivity contribution is 5.99. The van der Waals surface area contributed by atoms with Crippen LogP contribution in [0.4, 0.5) is 13.2 Å². The first-order valence-electron chi connectivity index (χ1n) is 10.0. The van der Waals surface area contributed by atoms with Crippen molar-refractivity contribution < 1.29 is 22.5 Å². The third-order valence-electron chi connectivity index (χ3n) is 5.94. The molecule has 3 heterocycles. The maximum absolute atomic E-state index is 13.2. The first-order chi connectivity index (χ1) is 14.9. The van der Waals surface area contributed by atoms with Crippen molar-refractivity contribution in [3.8, 4) is 11.4 Å². The number of hydrogen-bond acceptors (Lipinski definition) is 5. The molecule has 31 heavy (non-hydrogen) atoms. The fourth-order valence-corrected chi connectivity index (χ4v) is 4.46. The molecule has 0 radical (unpaired) electrons. The molecule has 0 aliphatic carbocycles. The van der Waals surface area contributed by atoms with E-state index >= 15 is 0 Å². The summed E-state index contributed by atoms with van der Waals surface area (Å²) >= 11 is 0. The van der Waals surface area contributed by atoms with E-state index in [2.05, 4.69) is 32.1 Å². The fraction of sp³-hybridized carbons (Fsp3) is 0.318. The summed E-state index contributed by atoms with van der Waals surface area (Å²) in [5.74, 6) is -1.39. The topological polar surface area (TPSA) is 71.3 Å². The van der Waals surface area contributed by atoms with Crippen molar-refractivity contribution in [3.05, 3.63) is 71.1 Å². The highest BCUT2D eigenvalue weighted by atomic mass is 19.4. The molecule has 6 nitrogen and oxygen atoms in total. The third-order valence-corrected chi connectivity index (χ3v) is 5.94. The lowest BCUT2D eigenvalue weighted by atomic mass is 9.85. The van der Waals surface area contributed by atoms with Crippen LogP contribution in [-0.4, -0.2) is 40.1 Å². The Morgan fingerprint density at radius 1 is 1.13 bits per heavy atom. The number of carbonyl (C=O) groups is 1. The van der Waals surface area contributed by atoms with E-state index in [0.717, 1.165) is 18.5 Å². The van der Waals surface area contributed by atoms with Gasteiger partial charge >= 0.3 is 12.1 Å². The van der Waals surface area contributed by atoms with Gasteiger partial charge in [0.15, 0.2) is 0 Å². The Bertz CT molecular complexity index is 1110. The van der Waals surface area contributed by atoms with Gasteiger partial charge in [0.05, 0.1) is 6.04 Å². The van der Waals surface area contributed by atoms with Crippen LogP contribution in [0, 0.1) is 0 Å². The fourth-order valence-electron chi connectivity index (χ4n) is 4.46. The van der Waals surface area contributed by atoms with Gasteiger partial charge in [-0.2, -0.15) is 18.2 Å². The minimum absolute atomic E-state index is 0.0125. The number of alkyl halides is 3. The van der Waals surface area contributed by atoms with Crippen molar-refractivity contribution in [1.29, 1.82) is 0 Å². The molecule has 2 aromatic carbocycles. The molecular weight excluding hydrogens is 409 g/mol. The largest absolute Gasteiger partial charge is 0.471 e. The van der Waals surface area contributed by atoms with Gasteiger partial charge in [-0.05, 0) is 36.2 Å². The van der Waals surface area contributed by atoms with E-state index in [1.54, 1.807) is 18.2 Å². The normalized spacial score (nSPS) is 21.4. The Kier molecular flexibility index (Phi) is 4.77. The zero-order valence-electron chi connectivity index (χ0n) is 16.4. The highest BCUT2D eigenvalue weighted by Gasteiger charge is 2.40. The van der Waals surface area contributed by atoms with E-state index in [1.807, 2.05) is 23.1 Å². The van der Waals surface area contributed by atoms with Crippen molar-refractivity contribution in [2.45, 2.75) is 31.1 Å². The van der Waals surface area contributed by atoms with E-state index in [9.17, 15) is 18.0 Å². The lowest BCUT2D eigenvalue weighted by Gasteiger charge is -2.38. The molecule has 5 rings (SSSR count). The predicted molar refractivity (Wildman–Crippen MR) is 105 cm³/mol. The molecule has 3 aromatic rings.